The second-order valence-corrected chi connectivity index (χ2v) is 6.90. The lowest BCUT2D eigenvalue weighted by Gasteiger charge is -2.34. The fourth-order valence-electron chi connectivity index (χ4n) is 3.75. The fraction of sp³-hybridized carbons (Fsp3) is 0.300. The number of tetrazole rings is 1. The first-order chi connectivity index (χ1) is 13.1. The van der Waals surface area contributed by atoms with Crippen LogP contribution in [-0.4, -0.2) is 49.2 Å². The van der Waals surface area contributed by atoms with Crippen LogP contribution in [0, 0.1) is 6.92 Å². The Kier molecular flexibility index (Phi) is 4.58. The highest BCUT2D eigenvalue weighted by atomic mass is 16.3. The molecule has 1 aliphatic heterocycles. The first kappa shape index (κ1) is 17.2. The van der Waals surface area contributed by atoms with Crippen molar-refractivity contribution in [3.63, 3.8) is 0 Å². The molecule has 27 heavy (non-hydrogen) atoms. The topological polar surface area (TPSA) is 84.1 Å². The molecule has 3 aromatic rings. The number of likely N-dealkylation sites (tertiary alicyclic amines) is 1. The van der Waals surface area contributed by atoms with Gasteiger partial charge in [-0.15, -0.1) is 5.10 Å². The number of phenolic OH excluding ortho intramolecular Hbond substituents is 1. The van der Waals surface area contributed by atoms with Gasteiger partial charge in [-0.3, -0.25) is 4.79 Å². The van der Waals surface area contributed by atoms with Crippen LogP contribution >= 0.6 is 0 Å². The summed E-state index contributed by atoms with van der Waals surface area (Å²) < 4.78 is 1.43. The molecule has 0 aliphatic carbocycles. The Balaban J connectivity index is 1.55. The number of hydrogen-bond acceptors (Lipinski definition) is 5. The van der Waals surface area contributed by atoms with Gasteiger partial charge >= 0.3 is 0 Å². The number of rotatable bonds is 3. The minimum atomic E-state index is -0.144. The van der Waals surface area contributed by atoms with E-state index < -0.39 is 0 Å². The van der Waals surface area contributed by atoms with Crippen LogP contribution in [0.3, 0.4) is 0 Å². The van der Waals surface area contributed by atoms with E-state index in [1.165, 1.54) is 28.2 Å². The number of aromatic nitrogens is 4. The zero-order valence-electron chi connectivity index (χ0n) is 15.1. The number of amides is 1. The van der Waals surface area contributed by atoms with Crippen molar-refractivity contribution >= 4 is 5.91 Å². The molecule has 7 heteroatoms. The molecule has 7 nitrogen and oxygen atoms in total. The number of benzene rings is 2. The zero-order chi connectivity index (χ0) is 18.8. The fourth-order valence-corrected chi connectivity index (χ4v) is 3.75. The Morgan fingerprint density at radius 1 is 1.22 bits per heavy atom. The molecule has 0 saturated carbocycles. The Bertz CT molecular complexity index is 955. The SMILES string of the molecule is Cc1ccccc1[C@H]1CCCN(C(=O)c2ccc(-n3cnnn3)cc2O)C1. The van der Waals surface area contributed by atoms with Crippen molar-refractivity contribution in [3.05, 3.63) is 65.5 Å². The van der Waals surface area contributed by atoms with E-state index in [0.717, 1.165) is 12.8 Å². The molecule has 4 rings (SSSR count). The summed E-state index contributed by atoms with van der Waals surface area (Å²) in [5.74, 6) is 0.117. The Morgan fingerprint density at radius 3 is 2.81 bits per heavy atom. The van der Waals surface area contributed by atoms with Gasteiger partial charge in [0, 0.05) is 25.1 Å². The van der Waals surface area contributed by atoms with E-state index in [2.05, 4.69) is 34.6 Å². The normalized spacial score (nSPS) is 17.1. The Morgan fingerprint density at radius 2 is 2.07 bits per heavy atom. The first-order valence-electron chi connectivity index (χ1n) is 9.04. The maximum Gasteiger partial charge on any atom is 0.257 e. The first-order valence-corrected chi connectivity index (χ1v) is 9.04. The highest BCUT2D eigenvalue weighted by molar-refractivity contribution is 5.97. The summed E-state index contributed by atoms with van der Waals surface area (Å²) in [6, 6.07) is 13.2. The summed E-state index contributed by atoms with van der Waals surface area (Å²) in [6.45, 7) is 3.48. The number of nitrogens with zero attached hydrogens (tertiary/aromatic N) is 5. The van der Waals surface area contributed by atoms with Gasteiger partial charge in [0.15, 0.2) is 0 Å². The number of aromatic hydroxyl groups is 1. The summed E-state index contributed by atoms with van der Waals surface area (Å²) in [6.07, 6.45) is 3.46. The van der Waals surface area contributed by atoms with E-state index >= 15 is 0 Å². The van der Waals surface area contributed by atoms with Gasteiger partial charge in [0.2, 0.25) is 0 Å². The summed E-state index contributed by atoms with van der Waals surface area (Å²) in [5.41, 5.74) is 3.46. The zero-order valence-corrected chi connectivity index (χ0v) is 15.1. The third kappa shape index (κ3) is 3.40. The van der Waals surface area contributed by atoms with E-state index in [1.807, 2.05) is 17.0 Å². The smallest absolute Gasteiger partial charge is 0.257 e. The average molecular weight is 363 g/mol. The summed E-state index contributed by atoms with van der Waals surface area (Å²) in [5, 5.41) is 21.3. The second kappa shape index (κ2) is 7.19. The van der Waals surface area contributed by atoms with Crippen molar-refractivity contribution in [2.75, 3.05) is 13.1 Å². The minimum absolute atomic E-state index is 0.0639. The third-order valence-corrected chi connectivity index (χ3v) is 5.16. The predicted octanol–water partition coefficient (Wildman–Crippen LogP) is 2.70. The number of carbonyl (C=O) groups is 1. The molecule has 1 atom stereocenters. The van der Waals surface area contributed by atoms with E-state index in [1.54, 1.807) is 12.1 Å². The number of hydrogen-bond donors (Lipinski definition) is 1. The number of aryl methyl sites for hydroxylation is 1. The van der Waals surface area contributed by atoms with Gasteiger partial charge in [-0.05, 0) is 53.5 Å². The van der Waals surface area contributed by atoms with E-state index in [9.17, 15) is 9.90 Å². The molecule has 1 N–H and O–H groups in total. The van der Waals surface area contributed by atoms with Crippen LogP contribution in [0.15, 0.2) is 48.8 Å². The minimum Gasteiger partial charge on any atom is -0.507 e. The van der Waals surface area contributed by atoms with Gasteiger partial charge in [0.05, 0.1) is 11.3 Å². The number of phenols is 1. The maximum absolute atomic E-state index is 13.0. The molecule has 1 saturated heterocycles. The van der Waals surface area contributed by atoms with Crippen molar-refractivity contribution < 1.29 is 9.90 Å². The molecule has 1 amide bonds. The van der Waals surface area contributed by atoms with Gasteiger partial charge in [-0.2, -0.15) is 0 Å². The second-order valence-electron chi connectivity index (χ2n) is 6.90. The third-order valence-electron chi connectivity index (χ3n) is 5.16. The Hall–Kier alpha value is -3.22. The quantitative estimate of drug-likeness (QED) is 0.773. The molecule has 1 fully saturated rings. The predicted molar refractivity (Wildman–Crippen MR) is 99.9 cm³/mol. The van der Waals surface area contributed by atoms with Crippen LogP contribution < -0.4 is 0 Å². The van der Waals surface area contributed by atoms with Crippen molar-refractivity contribution in [1.82, 2.24) is 25.1 Å². The average Bonchev–Trinajstić information content (AvgIpc) is 3.23. The van der Waals surface area contributed by atoms with E-state index in [-0.39, 0.29) is 11.7 Å². The Labute approximate surface area is 157 Å². The van der Waals surface area contributed by atoms with E-state index in [0.29, 0.717) is 30.3 Å². The van der Waals surface area contributed by atoms with Gasteiger partial charge in [-0.25, -0.2) is 4.68 Å². The lowest BCUT2D eigenvalue weighted by Crippen LogP contribution is -2.39. The van der Waals surface area contributed by atoms with Crippen molar-refractivity contribution in [2.45, 2.75) is 25.7 Å². The summed E-state index contributed by atoms with van der Waals surface area (Å²) >= 11 is 0. The molecule has 138 valence electrons. The van der Waals surface area contributed by atoms with Crippen LogP contribution in [0.4, 0.5) is 0 Å². The highest BCUT2D eigenvalue weighted by Crippen LogP contribution is 2.31. The van der Waals surface area contributed by atoms with Gasteiger partial charge in [0.25, 0.3) is 5.91 Å². The van der Waals surface area contributed by atoms with Crippen molar-refractivity contribution in [2.24, 2.45) is 0 Å². The molecule has 2 heterocycles. The van der Waals surface area contributed by atoms with Gasteiger partial charge < -0.3 is 10.0 Å². The molecule has 0 spiro atoms. The largest absolute Gasteiger partial charge is 0.507 e. The van der Waals surface area contributed by atoms with Crippen LogP contribution in [0.1, 0.15) is 40.2 Å². The molecule has 2 aromatic carbocycles. The lowest BCUT2D eigenvalue weighted by atomic mass is 9.87. The molecule has 0 bridgehead atoms. The van der Waals surface area contributed by atoms with Crippen LogP contribution in [0.2, 0.25) is 0 Å². The van der Waals surface area contributed by atoms with Crippen LogP contribution in [-0.2, 0) is 0 Å². The van der Waals surface area contributed by atoms with Crippen molar-refractivity contribution in [3.8, 4) is 11.4 Å². The summed E-state index contributed by atoms with van der Waals surface area (Å²) in [7, 11) is 0. The number of piperidine rings is 1. The molecule has 1 aliphatic rings. The molecule has 1 aromatic heterocycles. The molecular weight excluding hydrogens is 342 g/mol. The monoisotopic (exact) mass is 363 g/mol. The molecule has 0 unspecified atom stereocenters. The summed E-state index contributed by atoms with van der Waals surface area (Å²) in [4.78, 5) is 14.8. The van der Waals surface area contributed by atoms with Gasteiger partial charge in [0.1, 0.15) is 12.1 Å². The number of carbonyl (C=O) groups excluding carboxylic acids is 1. The lowest BCUT2D eigenvalue weighted by molar-refractivity contribution is 0.0704. The maximum atomic E-state index is 13.0. The standard InChI is InChI=1S/C20H21N5O2/c1-14-5-2-3-7-17(14)15-6-4-10-24(12-15)20(27)18-9-8-16(11-19(18)26)25-13-21-22-23-25/h2-3,5,7-9,11,13,15,26H,4,6,10,12H2,1H3/t15-/m0/s1. The highest BCUT2D eigenvalue weighted by Gasteiger charge is 2.27. The van der Waals surface area contributed by atoms with Crippen LogP contribution in [0.25, 0.3) is 5.69 Å². The van der Waals surface area contributed by atoms with E-state index in [4.69, 9.17) is 0 Å². The van der Waals surface area contributed by atoms with Crippen LogP contribution in [0.5, 0.6) is 5.75 Å². The molecule has 0 radical (unpaired) electrons. The molecular formula is C20H21N5O2. The van der Waals surface area contributed by atoms with Gasteiger partial charge in [-0.1, -0.05) is 24.3 Å². The van der Waals surface area contributed by atoms with Crippen molar-refractivity contribution in [1.29, 1.82) is 0 Å².